The molecule has 1 N–H and O–H groups in total. The summed E-state index contributed by atoms with van der Waals surface area (Å²) in [5.41, 5.74) is 4.08. The van der Waals surface area contributed by atoms with E-state index in [4.69, 9.17) is 4.74 Å². The summed E-state index contributed by atoms with van der Waals surface area (Å²) in [6.07, 6.45) is -0.629. The summed E-state index contributed by atoms with van der Waals surface area (Å²) in [4.78, 5) is 0. The van der Waals surface area contributed by atoms with Crippen molar-refractivity contribution < 1.29 is 9.84 Å². The summed E-state index contributed by atoms with van der Waals surface area (Å²) < 4.78 is 7.42. The molecule has 1 heterocycles. The Labute approximate surface area is 120 Å². The molecule has 0 bridgehead atoms. The van der Waals surface area contributed by atoms with Gasteiger partial charge >= 0.3 is 0 Å². The molecular weight excluding hydrogens is 252 g/mol. The van der Waals surface area contributed by atoms with Crippen LogP contribution < -0.4 is 4.74 Å². The van der Waals surface area contributed by atoms with Crippen molar-refractivity contribution in [3.8, 4) is 5.75 Å². The van der Waals surface area contributed by atoms with Crippen LogP contribution in [-0.2, 0) is 6.54 Å². The molecule has 2 aromatic rings. The number of aliphatic hydroxyl groups is 1. The lowest BCUT2D eigenvalue weighted by Crippen LogP contribution is -2.12. The standard InChI is InChI=1S/C16H22N2O2/c1-5-20-16-9-7-6-8-14(16)15(19)10-18-13(4)11(2)12(3)17-18/h6-9,15,19H,5,10H2,1-4H3. The van der Waals surface area contributed by atoms with E-state index in [0.717, 1.165) is 22.7 Å². The molecule has 0 aliphatic heterocycles. The zero-order chi connectivity index (χ0) is 14.7. The molecule has 4 heteroatoms. The Bertz CT molecular complexity index is 590. The lowest BCUT2D eigenvalue weighted by Gasteiger charge is -2.16. The van der Waals surface area contributed by atoms with Crippen molar-refractivity contribution in [3.63, 3.8) is 0 Å². The topological polar surface area (TPSA) is 47.3 Å². The first-order chi connectivity index (χ1) is 9.54. The highest BCUT2D eigenvalue weighted by Crippen LogP contribution is 2.26. The van der Waals surface area contributed by atoms with E-state index in [1.807, 2.05) is 49.7 Å². The van der Waals surface area contributed by atoms with Gasteiger partial charge in [-0.3, -0.25) is 4.68 Å². The van der Waals surface area contributed by atoms with E-state index < -0.39 is 6.10 Å². The normalized spacial score (nSPS) is 12.4. The lowest BCUT2D eigenvalue weighted by molar-refractivity contribution is 0.145. The molecule has 0 saturated heterocycles. The summed E-state index contributed by atoms with van der Waals surface area (Å²) in [5.74, 6) is 0.737. The highest BCUT2D eigenvalue weighted by molar-refractivity contribution is 5.35. The Morgan fingerprint density at radius 1 is 1.25 bits per heavy atom. The van der Waals surface area contributed by atoms with Crippen molar-refractivity contribution in [1.29, 1.82) is 0 Å². The second-order valence-corrected chi connectivity index (χ2v) is 4.96. The predicted molar refractivity (Wildman–Crippen MR) is 79.0 cm³/mol. The SMILES string of the molecule is CCOc1ccccc1C(O)Cn1nc(C)c(C)c1C. The van der Waals surface area contributed by atoms with Crippen LogP contribution in [0.1, 0.15) is 35.5 Å². The Morgan fingerprint density at radius 2 is 1.95 bits per heavy atom. The summed E-state index contributed by atoms with van der Waals surface area (Å²) in [5, 5.41) is 14.9. The lowest BCUT2D eigenvalue weighted by atomic mass is 10.1. The fourth-order valence-electron chi connectivity index (χ4n) is 2.27. The molecule has 0 amide bonds. The van der Waals surface area contributed by atoms with Gasteiger partial charge in [-0.05, 0) is 39.3 Å². The first-order valence-electron chi connectivity index (χ1n) is 6.95. The Balaban J connectivity index is 2.23. The van der Waals surface area contributed by atoms with E-state index in [2.05, 4.69) is 12.0 Å². The third-order valence-electron chi connectivity index (χ3n) is 3.67. The van der Waals surface area contributed by atoms with Crippen molar-refractivity contribution in [1.82, 2.24) is 9.78 Å². The maximum atomic E-state index is 10.5. The zero-order valence-corrected chi connectivity index (χ0v) is 12.6. The Hall–Kier alpha value is -1.81. The predicted octanol–water partition coefficient (Wildman–Crippen LogP) is 2.94. The maximum Gasteiger partial charge on any atom is 0.125 e. The van der Waals surface area contributed by atoms with Crippen molar-refractivity contribution in [2.45, 2.75) is 40.3 Å². The van der Waals surface area contributed by atoms with Crippen molar-refractivity contribution in [2.24, 2.45) is 0 Å². The van der Waals surface area contributed by atoms with Gasteiger partial charge in [0.25, 0.3) is 0 Å². The van der Waals surface area contributed by atoms with Crippen LogP contribution in [0.15, 0.2) is 24.3 Å². The average molecular weight is 274 g/mol. The number of aromatic nitrogens is 2. The van der Waals surface area contributed by atoms with Crippen molar-refractivity contribution in [2.75, 3.05) is 6.61 Å². The molecule has 0 aliphatic rings. The number of ether oxygens (including phenoxy) is 1. The monoisotopic (exact) mass is 274 g/mol. The fourth-order valence-corrected chi connectivity index (χ4v) is 2.27. The molecule has 1 unspecified atom stereocenters. The van der Waals surface area contributed by atoms with E-state index in [0.29, 0.717) is 13.2 Å². The van der Waals surface area contributed by atoms with Crippen molar-refractivity contribution >= 4 is 0 Å². The van der Waals surface area contributed by atoms with Gasteiger partial charge in [-0.2, -0.15) is 5.10 Å². The van der Waals surface area contributed by atoms with Crippen LogP contribution in [-0.4, -0.2) is 21.5 Å². The highest BCUT2D eigenvalue weighted by atomic mass is 16.5. The van der Waals surface area contributed by atoms with Crippen LogP contribution >= 0.6 is 0 Å². The molecule has 0 spiro atoms. The minimum Gasteiger partial charge on any atom is -0.493 e. The molecule has 0 radical (unpaired) electrons. The molecule has 4 nitrogen and oxygen atoms in total. The molecule has 1 atom stereocenters. The number of para-hydroxylation sites is 1. The number of nitrogens with zero attached hydrogens (tertiary/aromatic N) is 2. The summed E-state index contributed by atoms with van der Waals surface area (Å²) >= 11 is 0. The summed E-state index contributed by atoms with van der Waals surface area (Å²) in [6.45, 7) is 9.02. The van der Waals surface area contributed by atoms with Crippen LogP contribution in [0.25, 0.3) is 0 Å². The number of hydrogen-bond acceptors (Lipinski definition) is 3. The first-order valence-corrected chi connectivity index (χ1v) is 6.95. The number of rotatable bonds is 5. The van der Waals surface area contributed by atoms with Crippen LogP contribution in [0, 0.1) is 20.8 Å². The summed E-state index contributed by atoms with van der Waals surface area (Å²) in [6, 6.07) is 7.60. The molecule has 20 heavy (non-hydrogen) atoms. The molecule has 1 aromatic carbocycles. The second-order valence-electron chi connectivity index (χ2n) is 4.96. The van der Waals surface area contributed by atoms with Gasteiger partial charge in [0.2, 0.25) is 0 Å². The molecular formula is C16H22N2O2. The van der Waals surface area contributed by atoms with Gasteiger partial charge in [0.15, 0.2) is 0 Å². The van der Waals surface area contributed by atoms with Gasteiger partial charge in [0.05, 0.1) is 18.8 Å². The van der Waals surface area contributed by atoms with Gasteiger partial charge in [-0.15, -0.1) is 0 Å². The number of aliphatic hydroxyl groups excluding tert-OH is 1. The third-order valence-corrected chi connectivity index (χ3v) is 3.67. The zero-order valence-electron chi connectivity index (χ0n) is 12.6. The fraction of sp³-hybridized carbons (Fsp3) is 0.438. The molecule has 2 rings (SSSR count). The Morgan fingerprint density at radius 3 is 2.55 bits per heavy atom. The minimum atomic E-state index is -0.629. The van der Waals surface area contributed by atoms with Crippen LogP contribution in [0.4, 0.5) is 0 Å². The number of benzene rings is 1. The smallest absolute Gasteiger partial charge is 0.125 e. The van der Waals surface area contributed by atoms with E-state index in [1.54, 1.807) is 0 Å². The van der Waals surface area contributed by atoms with Crippen molar-refractivity contribution in [3.05, 3.63) is 46.8 Å². The largest absolute Gasteiger partial charge is 0.493 e. The summed E-state index contributed by atoms with van der Waals surface area (Å²) in [7, 11) is 0. The van der Waals surface area contributed by atoms with Gasteiger partial charge in [0.1, 0.15) is 11.9 Å². The van der Waals surface area contributed by atoms with Gasteiger partial charge < -0.3 is 9.84 Å². The van der Waals surface area contributed by atoms with E-state index >= 15 is 0 Å². The molecule has 0 saturated carbocycles. The van der Waals surface area contributed by atoms with E-state index in [-0.39, 0.29) is 0 Å². The molecule has 0 aliphatic carbocycles. The molecule has 108 valence electrons. The first kappa shape index (κ1) is 14.6. The average Bonchev–Trinajstić information content (AvgIpc) is 2.67. The van der Waals surface area contributed by atoms with E-state index in [9.17, 15) is 5.11 Å². The quantitative estimate of drug-likeness (QED) is 0.912. The van der Waals surface area contributed by atoms with Gasteiger partial charge in [-0.1, -0.05) is 18.2 Å². The van der Waals surface area contributed by atoms with Gasteiger partial charge in [0, 0.05) is 11.3 Å². The van der Waals surface area contributed by atoms with Crippen LogP contribution in [0.2, 0.25) is 0 Å². The van der Waals surface area contributed by atoms with E-state index in [1.165, 1.54) is 5.56 Å². The third kappa shape index (κ3) is 2.85. The van der Waals surface area contributed by atoms with Crippen LogP contribution in [0.3, 0.4) is 0 Å². The Kier molecular flexibility index (Phi) is 4.45. The second kappa shape index (κ2) is 6.09. The molecule has 0 fully saturated rings. The number of aryl methyl sites for hydroxylation is 1. The molecule has 1 aromatic heterocycles. The minimum absolute atomic E-state index is 0.435. The maximum absolute atomic E-state index is 10.5. The van der Waals surface area contributed by atoms with Crippen LogP contribution in [0.5, 0.6) is 5.75 Å². The highest BCUT2D eigenvalue weighted by Gasteiger charge is 2.16. The number of hydrogen-bond donors (Lipinski definition) is 1. The van der Waals surface area contributed by atoms with Gasteiger partial charge in [-0.25, -0.2) is 0 Å².